The van der Waals surface area contributed by atoms with Crippen LogP contribution < -0.4 is 15.8 Å². The van der Waals surface area contributed by atoms with Gasteiger partial charge < -0.3 is 15.8 Å². The third-order valence-electron chi connectivity index (χ3n) is 2.89. The van der Waals surface area contributed by atoms with Crippen LogP contribution >= 0.6 is 15.9 Å². The monoisotopic (exact) mass is 328 g/mol. The van der Waals surface area contributed by atoms with Gasteiger partial charge in [-0.15, -0.1) is 0 Å². The Morgan fingerprint density at radius 1 is 1.47 bits per heavy atom. The number of hydrogen-bond acceptors (Lipinski definition) is 3. The lowest BCUT2D eigenvalue weighted by molar-refractivity contribution is -0.122. The molecule has 0 radical (unpaired) electrons. The third-order valence-corrected chi connectivity index (χ3v) is 3.38. The van der Waals surface area contributed by atoms with Crippen molar-refractivity contribution in [2.75, 3.05) is 7.11 Å². The second-order valence-corrected chi connectivity index (χ2v) is 6.45. The Morgan fingerprint density at radius 2 is 2.11 bits per heavy atom. The van der Waals surface area contributed by atoms with Gasteiger partial charge in [-0.1, -0.05) is 36.7 Å². The van der Waals surface area contributed by atoms with Gasteiger partial charge in [0.05, 0.1) is 13.2 Å². The first kappa shape index (κ1) is 16.0. The Morgan fingerprint density at radius 3 is 2.58 bits per heavy atom. The maximum atomic E-state index is 11.5. The van der Waals surface area contributed by atoms with Gasteiger partial charge >= 0.3 is 0 Å². The first-order chi connectivity index (χ1) is 8.75. The molecule has 106 valence electrons. The fourth-order valence-electron chi connectivity index (χ4n) is 1.93. The van der Waals surface area contributed by atoms with Crippen LogP contribution in [0.2, 0.25) is 0 Å². The SMILES string of the molecule is COc1ccc(Br)cc1CNC(C(N)=O)C(C)(C)C. The van der Waals surface area contributed by atoms with Crippen LogP contribution in [0.5, 0.6) is 5.75 Å². The van der Waals surface area contributed by atoms with E-state index < -0.39 is 6.04 Å². The number of amides is 1. The smallest absolute Gasteiger partial charge is 0.235 e. The molecule has 0 aliphatic carbocycles. The minimum absolute atomic E-state index is 0.231. The molecule has 1 aromatic rings. The van der Waals surface area contributed by atoms with Crippen molar-refractivity contribution < 1.29 is 9.53 Å². The topological polar surface area (TPSA) is 64.3 Å². The van der Waals surface area contributed by atoms with E-state index in [9.17, 15) is 4.79 Å². The summed E-state index contributed by atoms with van der Waals surface area (Å²) in [5.74, 6) is 0.439. The number of benzene rings is 1. The van der Waals surface area contributed by atoms with E-state index in [1.807, 2.05) is 39.0 Å². The lowest BCUT2D eigenvalue weighted by Crippen LogP contribution is -2.49. The molecule has 1 rings (SSSR count). The van der Waals surface area contributed by atoms with E-state index in [0.29, 0.717) is 6.54 Å². The minimum atomic E-state index is -0.392. The molecule has 0 aliphatic heterocycles. The number of primary amides is 1. The van der Waals surface area contributed by atoms with Crippen molar-refractivity contribution in [3.63, 3.8) is 0 Å². The number of hydrogen-bond donors (Lipinski definition) is 2. The van der Waals surface area contributed by atoms with Gasteiger partial charge in [-0.25, -0.2) is 0 Å². The standard InChI is InChI=1S/C14H21BrN2O2/c1-14(2,3)12(13(16)18)17-8-9-7-10(15)5-6-11(9)19-4/h5-7,12,17H,8H2,1-4H3,(H2,16,18). The Balaban J connectivity index is 2.85. The van der Waals surface area contributed by atoms with E-state index in [0.717, 1.165) is 15.8 Å². The van der Waals surface area contributed by atoms with Gasteiger partial charge in [0, 0.05) is 16.6 Å². The summed E-state index contributed by atoms with van der Waals surface area (Å²) in [4.78, 5) is 11.5. The summed E-state index contributed by atoms with van der Waals surface area (Å²) in [6.45, 7) is 6.46. The molecule has 1 amide bonds. The van der Waals surface area contributed by atoms with E-state index in [1.165, 1.54) is 0 Å². The molecule has 1 unspecified atom stereocenters. The van der Waals surface area contributed by atoms with Crippen LogP contribution in [0.4, 0.5) is 0 Å². The highest BCUT2D eigenvalue weighted by molar-refractivity contribution is 9.10. The number of halogens is 1. The number of nitrogens with two attached hydrogens (primary N) is 1. The molecule has 5 heteroatoms. The molecule has 4 nitrogen and oxygen atoms in total. The second-order valence-electron chi connectivity index (χ2n) is 5.54. The summed E-state index contributed by atoms with van der Waals surface area (Å²) in [5.41, 5.74) is 6.19. The number of carbonyl (C=O) groups excluding carboxylic acids is 1. The molecular formula is C14H21BrN2O2. The molecule has 19 heavy (non-hydrogen) atoms. The van der Waals surface area contributed by atoms with Gasteiger partial charge in [-0.3, -0.25) is 4.79 Å². The molecule has 0 saturated carbocycles. The zero-order valence-electron chi connectivity index (χ0n) is 11.8. The van der Waals surface area contributed by atoms with Crippen molar-refractivity contribution in [2.24, 2.45) is 11.1 Å². The molecule has 0 aromatic heterocycles. The predicted octanol–water partition coefficient (Wildman–Crippen LogP) is 2.45. The van der Waals surface area contributed by atoms with E-state index in [-0.39, 0.29) is 11.3 Å². The summed E-state index contributed by atoms with van der Waals surface area (Å²) in [6.07, 6.45) is 0. The zero-order chi connectivity index (χ0) is 14.6. The molecule has 0 heterocycles. The minimum Gasteiger partial charge on any atom is -0.496 e. The zero-order valence-corrected chi connectivity index (χ0v) is 13.4. The van der Waals surface area contributed by atoms with Crippen LogP contribution in [0.1, 0.15) is 26.3 Å². The van der Waals surface area contributed by atoms with E-state index >= 15 is 0 Å². The lowest BCUT2D eigenvalue weighted by Gasteiger charge is -2.29. The van der Waals surface area contributed by atoms with Crippen LogP contribution in [0.25, 0.3) is 0 Å². The predicted molar refractivity (Wildman–Crippen MR) is 80.0 cm³/mol. The number of rotatable bonds is 5. The maximum Gasteiger partial charge on any atom is 0.235 e. The largest absolute Gasteiger partial charge is 0.496 e. The van der Waals surface area contributed by atoms with Crippen LogP contribution in [-0.4, -0.2) is 19.1 Å². The molecule has 3 N–H and O–H groups in total. The fraction of sp³-hybridized carbons (Fsp3) is 0.500. The van der Waals surface area contributed by atoms with Gasteiger partial charge in [0.2, 0.25) is 5.91 Å². The van der Waals surface area contributed by atoms with Crippen molar-refractivity contribution in [1.82, 2.24) is 5.32 Å². The van der Waals surface area contributed by atoms with Crippen LogP contribution in [0.3, 0.4) is 0 Å². The number of methoxy groups -OCH3 is 1. The highest BCUT2D eigenvalue weighted by Crippen LogP contribution is 2.24. The molecule has 1 atom stereocenters. The quantitative estimate of drug-likeness (QED) is 0.872. The number of nitrogens with one attached hydrogen (secondary N) is 1. The average Bonchev–Trinajstić information content (AvgIpc) is 2.27. The van der Waals surface area contributed by atoms with E-state index in [1.54, 1.807) is 7.11 Å². The van der Waals surface area contributed by atoms with Crippen molar-refractivity contribution >= 4 is 21.8 Å². The summed E-state index contributed by atoms with van der Waals surface area (Å²) in [7, 11) is 1.63. The molecule has 0 bridgehead atoms. The first-order valence-corrected chi connectivity index (χ1v) is 6.90. The van der Waals surface area contributed by atoms with Gasteiger partial charge in [0.1, 0.15) is 5.75 Å². The second kappa shape index (κ2) is 6.39. The third kappa shape index (κ3) is 4.51. The Kier molecular flexibility index (Phi) is 5.38. The number of ether oxygens (including phenoxy) is 1. The summed E-state index contributed by atoms with van der Waals surface area (Å²) in [5, 5.41) is 3.20. The summed E-state index contributed by atoms with van der Waals surface area (Å²) < 4.78 is 6.27. The van der Waals surface area contributed by atoms with E-state index in [4.69, 9.17) is 10.5 Å². The van der Waals surface area contributed by atoms with Gasteiger partial charge in [-0.2, -0.15) is 0 Å². The van der Waals surface area contributed by atoms with Gasteiger partial charge in [0.25, 0.3) is 0 Å². The van der Waals surface area contributed by atoms with Crippen molar-refractivity contribution in [1.29, 1.82) is 0 Å². The maximum absolute atomic E-state index is 11.5. The average molecular weight is 329 g/mol. The Hall–Kier alpha value is -1.07. The molecule has 0 spiro atoms. The lowest BCUT2D eigenvalue weighted by atomic mass is 9.86. The summed E-state index contributed by atoms with van der Waals surface area (Å²) >= 11 is 3.43. The highest BCUT2D eigenvalue weighted by atomic mass is 79.9. The Labute approximate surface area is 122 Å². The highest BCUT2D eigenvalue weighted by Gasteiger charge is 2.29. The molecule has 0 saturated heterocycles. The van der Waals surface area contributed by atoms with Gasteiger partial charge in [-0.05, 0) is 23.6 Å². The van der Waals surface area contributed by atoms with Crippen molar-refractivity contribution in [3.05, 3.63) is 28.2 Å². The number of carbonyl (C=O) groups is 1. The van der Waals surface area contributed by atoms with Crippen molar-refractivity contribution in [2.45, 2.75) is 33.4 Å². The Bertz CT molecular complexity index is 455. The molecular weight excluding hydrogens is 308 g/mol. The molecule has 1 aromatic carbocycles. The molecule has 0 aliphatic rings. The molecule has 0 fully saturated rings. The normalized spacial score (nSPS) is 13.1. The van der Waals surface area contributed by atoms with Crippen molar-refractivity contribution in [3.8, 4) is 5.75 Å². The van der Waals surface area contributed by atoms with E-state index in [2.05, 4.69) is 21.2 Å². The van der Waals surface area contributed by atoms with Crippen LogP contribution in [0, 0.1) is 5.41 Å². The summed E-state index contributed by atoms with van der Waals surface area (Å²) in [6, 6.07) is 5.37. The first-order valence-electron chi connectivity index (χ1n) is 6.11. The van der Waals surface area contributed by atoms with Crippen LogP contribution in [0.15, 0.2) is 22.7 Å². The van der Waals surface area contributed by atoms with Gasteiger partial charge in [0.15, 0.2) is 0 Å². The fourth-order valence-corrected chi connectivity index (χ4v) is 2.34. The van der Waals surface area contributed by atoms with Crippen LogP contribution in [-0.2, 0) is 11.3 Å².